The topological polar surface area (TPSA) is 38.1 Å². The van der Waals surface area contributed by atoms with Crippen LogP contribution in [0, 0.1) is 5.82 Å². The summed E-state index contributed by atoms with van der Waals surface area (Å²) in [6.07, 6.45) is 5.56. The van der Waals surface area contributed by atoms with E-state index in [4.69, 9.17) is 11.6 Å². The first kappa shape index (κ1) is 21.3. The molecule has 1 heterocycles. The molecule has 1 aromatic heterocycles. The minimum absolute atomic E-state index is 0.307. The van der Waals surface area contributed by atoms with Crippen LogP contribution in [0.5, 0.6) is 0 Å². The molecule has 0 amide bonds. The van der Waals surface area contributed by atoms with Gasteiger partial charge in [-0.3, -0.25) is 0 Å². The van der Waals surface area contributed by atoms with Crippen LogP contribution in [0.2, 0.25) is 5.02 Å². The highest BCUT2D eigenvalue weighted by molar-refractivity contribution is 6.30. The lowest BCUT2D eigenvalue weighted by molar-refractivity contribution is -0.266. The number of fused-ring (bicyclic) bond motifs is 1. The second kappa shape index (κ2) is 7.98. The highest BCUT2D eigenvalue weighted by Crippen LogP contribution is 2.43. The SMILES string of the molecule is OC(Cc1cccc(Cl)c1F)(c1ccc2c(cnn2C2=CCC=CC=C2)c1)C(F)(F)F. The maximum Gasteiger partial charge on any atom is 0.421 e. The number of hydrogen-bond donors (Lipinski definition) is 1. The predicted octanol–water partition coefficient (Wildman–Crippen LogP) is 6.18. The molecule has 0 spiro atoms. The van der Waals surface area contributed by atoms with Gasteiger partial charge in [0.1, 0.15) is 5.82 Å². The van der Waals surface area contributed by atoms with Crippen LogP contribution in [0.4, 0.5) is 17.6 Å². The molecule has 31 heavy (non-hydrogen) atoms. The lowest BCUT2D eigenvalue weighted by Gasteiger charge is -2.31. The number of aliphatic hydroxyl groups is 1. The summed E-state index contributed by atoms with van der Waals surface area (Å²) in [4.78, 5) is 0. The molecule has 0 fully saturated rings. The Hall–Kier alpha value is -2.90. The van der Waals surface area contributed by atoms with E-state index in [1.165, 1.54) is 42.6 Å². The molecule has 4 rings (SSSR count). The third-order valence-electron chi connectivity index (χ3n) is 5.21. The lowest BCUT2D eigenvalue weighted by Crippen LogP contribution is -2.44. The van der Waals surface area contributed by atoms with Gasteiger partial charge >= 0.3 is 6.18 Å². The van der Waals surface area contributed by atoms with Crippen molar-refractivity contribution in [2.45, 2.75) is 24.6 Å². The van der Waals surface area contributed by atoms with Crippen LogP contribution in [0.15, 0.2) is 73.0 Å². The summed E-state index contributed by atoms with van der Waals surface area (Å²) < 4.78 is 57.9. The lowest BCUT2D eigenvalue weighted by atomic mass is 9.86. The monoisotopic (exact) mass is 448 g/mol. The molecule has 1 aliphatic rings. The summed E-state index contributed by atoms with van der Waals surface area (Å²) in [6, 6.07) is 7.64. The number of alkyl halides is 3. The molecule has 1 aliphatic carbocycles. The minimum Gasteiger partial charge on any atom is -0.376 e. The molecule has 3 nitrogen and oxygen atoms in total. The first-order valence-electron chi connectivity index (χ1n) is 9.45. The van der Waals surface area contributed by atoms with E-state index in [-0.39, 0.29) is 10.6 Å². The maximum absolute atomic E-state index is 14.3. The van der Waals surface area contributed by atoms with Gasteiger partial charge in [-0.25, -0.2) is 9.07 Å². The molecule has 0 saturated carbocycles. The van der Waals surface area contributed by atoms with Crippen molar-refractivity contribution < 1.29 is 22.7 Å². The third-order valence-corrected chi connectivity index (χ3v) is 5.51. The second-order valence-electron chi connectivity index (χ2n) is 7.23. The van der Waals surface area contributed by atoms with Gasteiger partial charge in [-0.1, -0.05) is 54.1 Å². The van der Waals surface area contributed by atoms with Crippen molar-refractivity contribution in [1.82, 2.24) is 9.78 Å². The number of halogens is 5. The normalized spacial score (nSPS) is 16.3. The van der Waals surface area contributed by atoms with Crippen molar-refractivity contribution in [3.63, 3.8) is 0 Å². The molecule has 0 bridgehead atoms. The third kappa shape index (κ3) is 3.91. The Morgan fingerprint density at radius 1 is 1.13 bits per heavy atom. The molecule has 1 unspecified atom stereocenters. The Balaban J connectivity index is 1.78. The molecule has 3 aromatic rings. The van der Waals surface area contributed by atoms with E-state index in [1.807, 2.05) is 30.4 Å². The van der Waals surface area contributed by atoms with E-state index < -0.39 is 29.6 Å². The first-order chi connectivity index (χ1) is 14.7. The van der Waals surface area contributed by atoms with Crippen LogP contribution >= 0.6 is 11.6 Å². The zero-order valence-electron chi connectivity index (χ0n) is 16.1. The van der Waals surface area contributed by atoms with Gasteiger partial charge < -0.3 is 5.11 Å². The van der Waals surface area contributed by atoms with Gasteiger partial charge in [0.15, 0.2) is 5.60 Å². The molecule has 160 valence electrons. The standard InChI is InChI=1S/C23H17ClF4N2O/c24-19-9-5-6-15(21(19)25)13-22(31,23(26,27)28)17-10-11-20-16(12-17)14-29-30(20)18-7-3-1-2-4-8-18/h1-3,5-12,14,31H,4,13H2. The summed E-state index contributed by atoms with van der Waals surface area (Å²) in [5.41, 5.74) is -2.68. The number of hydrogen-bond acceptors (Lipinski definition) is 2. The van der Waals surface area contributed by atoms with Crippen molar-refractivity contribution in [1.29, 1.82) is 0 Å². The van der Waals surface area contributed by atoms with Gasteiger partial charge in [0.25, 0.3) is 0 Å². The van der Waals surface area contributed by atoms with Crippen molar-refractivity contribution in [2.75, 3.05) is 0 Å². The van der Waals surface area contributed by atoms with E-state index in [1.54, 1.807) is 4.68 Å². The molecule has 0 aliphatic heterocycles. The van der Waals surface area contributed by atoms with E-state index >= 15 is 0 Å². The van der Waals surface area contributed by atoms with Gasteiger partial charge in [0.2, 0.25) is 0 Å². The minimum atomic E-state index is -5.05. The fourth-order valence-electron chi connectivity index (χ4n) is 3.55. The van der Waals surface area contributed by atoms with Crippen molar-refractivity contribution >= 4 is 28.2 Å². The molecule has 8 heteroatoms. The molecular weight excluding hydrogens is 432 g/mol. The smallest absolute Gasteiger partial charge is 0.376 e. The van der Waals surface area contributed by atoms with Crippen molar-refractivity contribution in [2.24, 2.45) is 0 Å². The molecule has 1 N–H and O–H groups in total. The summed E-state index contributed by atoms with van der Waals surface area (Å²) >= 11 is 5.71. The number of aromatic nitrogens is 2. The highest BCUT2D eigenvalue weighted by Gasteiger charge is 2.55. The largest absolute Gasteiger partial charge is 0.421 e. The zero-order chi connectivity index (χ0) is 22.2. The molecular formula is C23H17ClF4N2O. The summed E-state index contributed by atoms with van der Waals surface area (Å²) in [6.45, 7) is 0. The first-order valence-corrected chi connectivity index (χ1v) is 9.82. The van der Waals surface area contributed by atoms with Crippen LogP contribution in [0.25, 0.3) is 16.6 Å². The van der Waals surface area contributed by atoms with Crippen molar-refractivity contribution in [3.8, 4) is 0 Å². The molecule has 2 aromatic carbocycles. The Morgan fingerprint density at radius 2 is 1.94 bits per heavy atom. The Bertz CT molecular complexity index is 1230. The van der Waals surface area contributed by atoms with Crippen LogP contribution < -0.4 is 0 Å². The van der Waals surface area contributed by atoms with Gasteiger partial charge in [0.05, 0.1) is 22.4 Å². The fraction of sp³-hybridized carbons (Fsp3) is 0.174. The maximum atomic E-state index is 14.3. The molecule has 0 radical (unpaired) electrons. The van der Waals surface area contributed by atoms with Crippen LogP contribution in [0.3, 0.4) is 0 Å². The van der Waals surface area contributed by atoms with Gasteiger partial charge in [-0.2, -0.15) is 18.3 Å². The average molecular weight is 449 g/mol. The number of rotatable bonds is 4. The van der Waals surface area contributed by atoms with E-state index in [2.05, 4.69) is 5.10 Å². The highest BCUT2D eigenvalue weighted by atomic mass is 35.5. The zero-order valence-corrected chi connectivity index (χ0v) is 16.8. The quantitative estimate of drug-likeness (QED) is 0.484. The fourth-order valence-corrected chi connectivity index (χ4v) is 3.74. The number of benzene rings is 2. The Morgan fingerprint density at radius 3 is 2.71 bits per heavy atom. The van der Waals surface area contributed by atoms with Gasteiger partial charge in [-0.05, 0) is 41.8 Å². The Labute approximate surface area is 180 Å². The average Bonchev–Trinajstić information content (AvgIpc) is 2.95. The van der Waals surface area contributed by atoms with E-state index in [0.29, 0.717) is 17.3 Å². The van der Waals surface area contributed by atoms with Gasteiger partial charge in [-0.15, -0.1) is 0 Å². The van der Waals surface area contributed by atoms with E-state index in [0.717, 1.165) is 5.70 Å². The van der Waals surface area contributed by atoms with Crippen LogP contribution in [0.1, 0.15) is 17.5 Å². The van der Waals surface area contributed by atoms with Crippen LogP contribution in [-0.4, -0.2) is 21.1 Å². The summed E-state index contributed by atoms with van der Waals surface area (Å²) in [5.74, 6) is -0.985. The molecule has 1 atom stereocenters. The van der Waals surface area contributed by atoms with Crippen molar-refractivity contribution in [3.05, 3.63) is 94.9 Å². The van der Waals surface area contributed by atoms with Crippen LogP contribution in [-0.2, 0) is 12.0 Å². The number of allylic oxidation sites excluding steroid dienone is 6. The predicted molar refractivity (Wildman–Crippen MR) is 112 cm³/mol. The summed E-state index contributed by atoms with van der Waals surface area (Å²) in [7, 11) is 0. The van der Waals surface area contributed by atoms with E-state index in [9.17, 15) is 22.7 Å². The summed E-state index contributed by atoms with van der Waals surface area (Å²) in [5, 5.41) is 15.1. The second-order valence-corrected chi connectivity index (χ2v) is 7.64. The molecule has 0 saturated heterocycles. The van der Waals surface area contributed by atoms with Gasteiger partial charge in [0, 0.05) is 11.8 Å². The number of nitrogens with zero attached hydrogens (tertiary/aromatic N) is 2. The Kier molecular flexibility index (Phi) is 5.49.